The summed E-state index contributed by atoms with van der Waals surface area (Å²) in [6.45, 7) is 0. The van der Waals surface area contributed by atoms with E-state index in [9.17, 15) is 31.1 Å². The lowest BCUT2D eigenvalue weighted by atomic mass is 9.83. The number of hydrogen-bond acceptors (Lipinski definition) is 2. The van der Waals surface area contributed by atoms with E-state index >= 15 is 0 Å². The lowest BCUT2D eigenvalue weighted by molar-refractivity contribution is -0.166. The summed E-state index contributed by atoms with van der Waals surface area (Å²) in [5.41, 5.74) is -0.833. The molecule has 0 saturated heterocycles. The van der Waals surface area contributed by atoms with Gasteiger partial charge >= 0.3 is 6.18 Å². The number of carbonyl (C=O) groups excluding carboxylic acids is 1. The van der Waals surface area contributed by atoms with Crippen LogP contribution in [-0.2, 0) is 0 Å². The highest BCUT2D eigenvalue weighted by atomic mass is 19.4. The van der Waals surface area contributed by atoms with Gasteiger partial charge in [-0.2, -0.15) is 18.4 Å². The Hall–Kier alpha value is -3.54. The topological polar surface area (TPSA) is 52.9 Å². The molecule has 0 radical (unpaired) electrons. The van der Waals surface area contributed by atoms with Crippen molar-refractivity contribution in [3.63, 3.8) is 0 Å². The highest BCUT2D eigenvalue weighted by molar-refractivity contribution is 6.08. The molecule has 2 atom stereocenters. The molecule has 0 aromatic heterocycles. The lowest BCUT2D eigenvalue weighted by Crippen LogP contribution is -2.29. The number of benzene rings is 2. The minimum atomic E-state index is -4.71. The number of alkyl halides is 3. The van der Waals surface area contributed by atoms with Crippen LogP contribution in [0.2, 0.25) is 0 Å². The third-order valence-corrected chi connectivity index (χ3v) is 4.47. The van der Waals surface area contributed by atoms with E-state index in [0.717, 1.165) is 42.5 Å². The monoisotopic (exact) mass is 422 g/mol. The summed E-state index contributed by atoms with van der Waals surface area (Å²) in [6.07, 6.45) is -1.64. The Morgan fingerprint density at radius 1 is 1.03 bits per heavy atom. The van der Waals surface area contributed by atoms with E-state index in [1.54, 1.807) is 6.07 Å². The van der Waals surface area contributed by atoms with Gasteiger partial charge in [-0.25, -0.2) is 13.2 Å². The molecule has 0 bridgehead atoms. The minimum Gasteiger partial charge on any atom is -0.319 e. The van der Waals surface area contributed by atoms with Gasteiger partial charge in [-0.3, -0.25) is 4.79 Å². The lowest BCUT2D eigenvalue weighted by Gasteiger charge is -2.24. The van der Waals surface area contributed by atoms with Gasteiger partial charge in [-0.15, -0.1) is 0 Å². The van der Waals surface area contributed by atoms with Crippen LogP contribution in [0.5, 0.6) is 0 Å². The number of allylic oxidation sites excluding steroid dienone is 4. The summed E-state index contributed by atoms with van der Waals surface area (Å²) in [4.78, 5) is 12.6. The van der Waals surface area contributed by atoms with Gasteiger partial charge in [0.25, 0.3) is 5.91 Å². The van der Waals surface area contributed by atoms with Crippen molar-refractivity contribution in [2.45, 2.75) is 6.18 Å². The number of hydrogen-bond donors (Lipinski definition) is 1. The number of nitriles is 1. The Labute approximate surface area is 166 Å². The molecule has 9 heteroatoms. The summed E-state index contributed by atoms with van der Waals surface area (Å²) >= 11 is 0. The molecule has 154 valence electrons. The van der Waals surface area contributed by atoms with Gasteiger partial charge in [-0.1, -0.05) is 24.3 Å². The van der Waals surface area contributed by atoms with Gasteiger partial charge in [0.2, 0.25) is 0 Å². The molecule has 30 heavy (non-hydrogen) atoms. The van der Waals surface area contributed by atoms with Crippen molar-refractivity contribution in [3.8, 4) is 6.07 Å². The van der Waals surface area contributed by atoms with Crippen LogP contribution >= 0.6 is 0 Å². The molecule has 0 heterocycles. The quantitative estimate of drug-likeness (QED) is 0.652. The van der Waals surface area contributed by atoms with Gasteiger partial charge in [0.1, 0.15) is 17.5 Å². The fourth-order valence-electron chi connectivity index (χ4n) is 3.02. The fourth-order valence-corrected chi connectivity index (χ4v) is 3.02. The van der Waals surface area contributed by atoms with E-state index in [2.05, 4.69) is 5.32 Å². The second-order valence-corrected chi connectivity index (χ2v) is 6.47. The standard InChI is InChI=1S/C21H12F6N2O/c22-13-3-5-15(11-1-2-12(10-28)17(7-11)21(25,26)27)16(8-13)20(30)29-19-6-4-14(23)9-18(19)24/h1-9,12,17H,(H,29,30). The SMILES string of the molecule is N#CC1C=CC(c2ccc(F)cc2C(=O)Nc2ccc(F)cc2F)=CC1C(F)(F)F. The zero-order valence-corrected chi connectivity index (χ0v) is 15.0. The van der Waals surface area contributed by atoms with Crippen LogP contribution in [-0.4, -0.2) is 12.1 Å². The number of amides is 1. The van der Waals surface area contributed by atoms with Gasteiger partial charge in [0, 0.05) is 6.07 Å². The summed E-state index contributed by atoms with van der Waals surface area (Å²) in [5, 5.41) is 11.1. The predicted molar refractivity (Wildman–Crippen MR) is 96.5 cm³/mol. The number of rotatable bonds is 3. The third-order valence-electron chi connectivity index (χ3n) is 4.47. The summed E-state index contributed by atoms with van der Waals surface area (Å²) in [6, 6.07) is 6.81. The largest absolute Gasteiger partial charge is 0.396 e. The maximum atomic E-state index is 13.8. The number of nitrogens with one attached hydrogen (secondary N) is 1. The Balaban J connectivity index is 2.02. The van der Waals surface area contributed by atoms with Gasteiger partial charge in [0.05, 0.1) is 29.2 Å². The van der Waals surface area contributed by atoms with E-state index in [0.29, 0.717) is 6.07 Å². The Morgan fingerprint density at radius 2 is 1.70 bits per heavy atom. The van der Waals surface area contributed by atoms with E-state index in [1.807, 2.05) is 0 Å². The smallest absolute Gasteiger partial charge is 0.319 e. The molecular weight excluding hydrogens is 410 g/mol. The van der Waals surface area contributed by atoms with Gasteiger partial charge in [0.15, 0.2) is 0 Å². The number of anilines is 1. The predicted octanol–water partition coefficient (Wildman–Crippen LogP) is 5.63. The Bertz CT molecular complexity index is 1100. The minimum absolute atomic E-state index is 0.0432. The van der Waals surface area contributed by atoms with E-state index in [4.69, 9.17) is 5.26 Å². The molecule has 0 fully saturated rings. The van der Waals surface area contributed by atoms with Crippen molar-refractivity contribution in [2.75, 3.05) is 5.32 Å². The molecule has 1 amide bonds. The third kappa shape index (κ3) is 4.38. The molecule has 1 N–H and O–H groups in total. The van der Waals surface area contributed by atoms with Crippen LogP contribution < -0.4 is 5.32 Å². The molecule has 2 unspecified atom stereocenters. The zero-order chi connectivity index (χ0) is 22.1. The van der Waals surface area contributed by atoms with E-state index in [-0.39, 0.29) is 22.4 Å². The molecule has 3 nitrogen and oxygen atoms in total. The van der Waals surface area contributed by atoms with Crippen molar-refractivity contribution in [1.82, 2.24) is 0 Å². The number of nitrogens with zero attached hydrogens (tertiary/aromatic N) is 1. The van der Waals surface area contributed by atoms with Crippen LogP contribution in [0.15, 0.2) is 54.6 Å². The maximum Gasteiger partial charge on any atom is 0.396 e. The second-order valence-electron chi connectivity index (χ2n) is 6.47. The summed E-state index contributed by atoms with van der Waals surface area (Å²) in [5.74, 6) is -7.36. The van der Waals surface area contributed by atoms with Crippen molar-refractivity contribution in [2.24, 2.45) is 11.8 Å². The molecule has 0 spiro atoms. The molecule has 1 aliphatic rings. The van der Waals surface area contributed by atoms with E-state index < -0.39 is 41.4 Å². The number of halogens is 6. The average Bonchev–Trinajstić information content (AvgIpc) is 2.69. The molecule has 0 saturated carbocycles. The van der Waals surface area contributed by atoms with Crippen LogP contribution in [0.4, 0.5) is 32.0 Å². The van der Waals surface area contributed by atoms with Crippen molar-refractivity contribution in [3.05, 3.63) is 83.2 Å². The van der Waals surface area contributed by atoms with Crippen LogP contribution in [0.1, 0.15) is 15.9 Å². The first-order valence-corrected chi connectivity index (χ1v) is 8.53. The van der Waals surface area contributed by atoms with Gasteiger partial charge < -0.3 is 5.32 Å². The van der Waals surface area contributed by atoms with Crippen LogP contribution in [0.3, 0.4) is 0 Å². The summed E-state index contributed by atoms with van der Waals surface area (Å²) in [7, 11) is 0. The highest BCUT2D eigenvalue weighted by Crippen LogP contribution is 2.39. The molecule has 3 rings (SSSR count). The van der Waals surface area contributed by atoms with Gasteiger partial charge in [-0.05, 0) is 35.4 Å². The Morgan fingerprint density at radius 3 is 2.33 bits per heavy atom. The van der Waals surface area contributed by atoms with Crippen molar-refractivity contribution in [1.29, 1.82) is 5.26 Å². The van der Waals surface area contributed by atoms with Crippen molar-refractivity contribution >= 4 is 17.2 Å². The maximum absolute atomic E-state index is 13.8. The van der Waals surface area contributed by atoms with Crippen molar-refractivity contribution < 1.29 is 31.1 Å². The summed E-state index contributed by atoms with van der Waals surface area (Å²) < 4.78 is 80.6. The molecule has 0 aliphatic heterocycles. The highest BCUT2D eigenvalue weighted by Gasteiger charge is 2.44. The van der Waals surface area contributed by atoms with Crippen LogP contribution in [0, 0.1) is 40.6 Å². The van der Waals surface area contributed by atoms with Crippen LogP contribution in [0.25, 0.3) is 5.57 Å². The first-order chi connectivity index (χ1) is 14.1. The molecule has 2 aromatic rings. The Kier molecular flexibility index (Phi) is 5.69. The zero-order valence-electron chi connectivity index (χ0n) is 15.0. The fraction of sp³-hybridized carbons (Fsp3) is 0.143. The normalized spacial score (nSPS) is 18.5. The second kappa shape index (κ2) is 8.06. The van der Waals surface area contributed by atoms with E-state index in [1.165, 1.54) is 6.08 Å². The average molecular weight is 422 g/mol. The first-order valence-electron chi connectivity index (χ1n) is 8.53. The molecule has 2 aromatic carbocycles. The number of carbonyl (C=O) groups is 1. The first kappa shape index (κ1) is 21.2. The molecule has 1 aliphatic carbocycles. The molecular formula is C21H12F6N2O.